The van der Waals surface area contributed by atoms with E-state index in [0.717, 1.165) is 16.9 Å². The zero-order valence-electron chi connectivity index (χ0n) is 13.0. The standard InChI is InChI=1S/C16H21N3O2S/c1-4-22(20,21)19-15-9-6-14(7-10-15)13(3)18-16-8-5-12(2)17-11-16/h5-11,13,18-19H,4H2,1-3H3/t13-/m0/s1. The average molecular weight is 319 g/mol. The van der Waals surface area contributed by atoms with E-state index in [-0.39, 0.29) is 11.8 Å². The van der Waals surface area contributed by atoms with Gasteiger partial charge in [0, 0.05) is 17.4 Å². The number of aromatic nitrogens is 1. The van der Waals surface area contributed by atoms with Crippen LogP contribution < -0.4 is 10.0 Å². The van der Waals surface area contributed by atoms with Gasteiger partial charge >= 0.3 is 0 Å². The third kappa shape index (κ3) is 4.46. The van der Waals surface area contributed by atoms with Gasteiger partial charge in [-0.05, 0) is 50.6 Å². The van der Waals surface area contributed by atoms with Crippen molar-refractivity contribution in [2.45, 2.75) is 26.8 Å². The van der Waals surface area contributed by atoms with E-state index < -0.39 is 10.0 Å². The number of rotatable bonds is 6. The second kappa shape index (κ2) is 6.79. The predicted molar refractivity (Wildman–Crippen MR) is 90.5 cm³/mol. The number of nitrogens with one attached hydrogen (secondary N) is 2. The summed E-state index contributed by atoms with van der Waals surface area (Å²) in [6.07, 6.45) is 1.80. The second-order valence-corrected chi connectivity index (χ2v) is 7.19. The van der Waals surface area contributed by atoms with Crippen LogP contribution in [-0.2, 0) is 10.0 Å². The molecule has 1 aromatic heterocycles. The van der Waals surface area contributed by atoms with E-state index in [0.29, 0.717) is 5.69 Å². The lowest BCUT2D eigenvalue weighted by Crippen LogP contribution is -2.14. The average Bonchev–Trinajstić information content (AvgIpc) is 2.50. The summed E-state index contributed by atoms with van der Waals surface area (Å²) in [6.45, 7) is 5.60. The molecule has 2 N–H and O–H groups in total. The number of hydrogen-bond acceptors (Lipinski definition) is 4. The van der Waals surface area contributed by atoms with Crippen LogP contribution in [0.1, 0.15) is 31.1 Å². The van der Waals surface area contributed by atoms with Crippen LogP contribution in [0.3, 0.4) is 0 Å². The molecule has 0 bridgehead atoms. The van der Waals surface area contributed by atoms with Crippen LogP contribution >= 0.6 is 0 Å². The molecule has 2 rings (SSSR count). The van der Waals surface area contributed by atoms with E-state index in [1.807, 2.05) is 38.1 Å². The molecule has 5 nitrogen and oxygen atoms in total. The molecule has 22 heavy (non-hydrogen) atoms. The summed E-state index contributed by atoms with van der Waals surface area (Å²) in [5.74, 6) is 0.0626. The van der Waals surface area contributed by atoms with E-state index in [2.05, 4.69) is 15.0 Å². The first-order chi connectivity index (χ1) is 10.4. The summed E-state index contributed by atoms with van der Waals surface area (Å²) in [4.78, 5) is 4.25. The normalized spacial score (nSPS) is 12.7. The summed E-state index contributed by atoms with van der Waals surface area (Å²) >= 11 is 0. The summed E-state index contributed by atoms with van der Waals surface area (Å²) in [6, 6.07) is 11.4. The fraction of sp³-hybridized carbons (Fsp3) is 0.312. The Morgan fingerprint density at radius 2 is 1.73 bits per heavy atom. The monoisotopic (exact) mass is 319 g/mol. The molecule has 0 aliphatic rings. The van der Waals surface area contributed by atoms with Crippen molar-refractivity contribution in [3.63, 3.8) is 0 Å². The topological polar surface area (TPSA) is 71.1 Å². The van der Waals surface area contributed by atoms with Crippen LogP contribution in [0.4, 0.5) is 11.4 Å². The fourth-order valence-corrected chi connectivity index (χ4v) is 2.62. The van der Waals surface area contributed by atoms with Gasteiger partial charge in [-0.25, -0.2) is 8.42 Å². The Kier molecular flexibility index (Phi) is 5.03. The summed E-state index contributed by atoms with van der Waals surface area (Å²) in [7, 11) is -3.23. The van der Waals surface area contributed by atoms with Crippen molar-refractivity contribution >= 4 is 21.4 Å². The maximum Gasteiger partial charge on any atom is 0.232 e. The molecule has 1 aromatic carbocycles. The first kappa shape index (κ1) is 16.3. The van der Waals surface area contributed by atoms with E-state index in [1.165, 1.54) is 0 Å². The third-order valence-electron chi connectivity index (χ3n) is 3.36. The molecule has 0 spiro atoms. The molecule has 0 aliphatic carbocycles. The van der Waals surface area contributed by atoms with Crippen molar-refractivity contribution in [2.75, 3.05) is 15.8 Å². The lowest BCUT2D eigenvalue weighted by molar-refractivity contribution is 0.602. The fourth-order valence-electron chi connectivity index (χ4n) is 1.98. The van der Waals surface area contributed by atoms with Gasteiger partial charge in [0.25, 0.3) is 0 Å². The molecule has 1 heterocycles. The quantitative estimate of drug-likeness (QED) is 0.857. The Morgan fingerprint density at radius 1 is 1.09 bits per heavy atom. The molecule has 1 atom stereocenters. The number of pyridine rings is 1. The highest BCUT2D eigenvalue weighted by atomic mass is 32.2. The zero-order valence-corrected chi connectivity index (χ0v) is 13.8. The van der Waals surface area contributed by atoms with Gasteiger partial charge in [0.1, 0.15) is 0 Å². The number of aryl methyl sites for hydroxylation is 1. The highest BCUT2D eigenvalue weighted by Crippen LogP contribution is 2.21. The number of hydrogen-bond donors (Lipinski definition) is 2. The SMILES string of the molecule is CCS(=O)(=O)Nc1ccc([C@H](C)Nc2ccc(C)nc2)cc1. The van der Waals surface area contributed by atoms with Gasteiger partial charge in [-0.2, -0.15) is 0 Å². The molecule has 118 valence electrons. The van der Waals surface area contributed by atoms with Crippen LogP contribution in [0.15, 0.2) is 42.6 Å². The van der Waals surface area contributed by atoms with Gasteiger partial charge in [-0.15, -0.1) is 0 Å². The molecule has 2 aromatic rings. The molecule has 0 saturated heterocycles. The number of nitrogens with zero attached hydrogens (tertiary/aromatic N) is 1. The lowest BCUT2D eigenvalue weighted by atomic mass is 10.1. The van der Waals surface area contributed by atoms with Gasteiger partial charge in [0.15, 0.2) is 0 Å². The maximum atomic E-state index is 11.5. The second-order valence-electron chi connectivity index (χ2n) is 5.18. The molecule has 0 radical (unpaired) electrons. The van der Waals surface area contributed by atoms with Gasteiger partial charge in [0.05, 0.1) is 17.6 Å². The van der Waals surface area contributed by atoms with Crippen molar-refractivity contribution in [1.82, 2.24) is 4.98 Å². The zero-order chi connectivity index (χ0) is 16.2. The van der Waals surface area contributed by atoms with Crippen LogP contribution in [0.25, 0.3) is 0 Å². The third-order valence-corrected chi connectivity index (χ3v) is 4.67. The largest absolute Gasteiger partial charge is 0.377 e. The number of sulfonamides is 1. The van der Waals surface area contributed by atoms with Gasteiger partial charge in [-0.3, -0.25) is 9.71 Å². The van der Waals surface area contributed by atoms with Gasteiger partial charge < -0.3 is 5.32 Å². The summed E-state index contributed by atoms with van der Waals surface area (Å²) in [5, 5.41) is 3.36. The number of benzene rings is 1. The first-order valence-electron chi connectivity index (χ1n) is 7.19. The maximum absolute atomic E-state index is 11.5. The van der Waals surface area contributed by atoms with Crippen LogP contribution in [-0.4, -0.2) is 19.2 Å². The molecule has 0 aliphatic heterocycles. The minimum atomic E-state index is -3.23. The highest BCUT2D eigenvalue weighted by molar-refractivity contribution is 7.92. The minimum absolute atomic E-state index is 0.0626. The van der Waals surface area contributed by atoms with Crippen molar-refractivity contribution in [1.29, 1.82) is 0 Å². The summed E-state index contributed by atoms with van der Waals surface area (Å²) in [5.41, 5.74) is 3.58. The van der Waals surface area contributed by atoms with Crippen molar-refractivity contribution in [3.8, 4) is 0 Å². The molecule has 0 amide bonds. The minimum Gasteiger partial charge on any atom is -0.377 e. The van der Waals surface area contributed by atoms with Crippen LogP contribution in [0.2, 0.25) is 0 Å². The Hall–Kier alpha value is -2.08. The lowest BCUT2D eigenvalue weighted by Gasteiger charge is -2.16. The molecular formula is C16H21N3O2S. The smallest absolute Gasteiger partial charge is 0.232 e. The van der Waals surface area contributed by atoms with Crippen LogP contribution in [0.5, 0.6) is 0 Å². The van der Waals surface area contributed by atoms with Gasteiger partial charge in [0.2, 0.25) is 10.0 Å². The van der Waals surface area contributed by atoms with E-state index in [4.69, 9.17) is 0 Å². The molecule has 0 fully saturated rings. The molecule has 0 saturated carbocycles. The van der Waals surface area contributed by atoms with Crippen molar-refractivity contribution in [3.05, 3.63) is 53.9 Å². The van der Waals surface area contributed by atoms with E-state index in [9.17, 15) is 8.42 Å². The highest BCUT2D eigenvalue weighted by Gasteiger charge is 2.08. The van der Waals surface area contributed by atoms with E-state index >= 15 is 0 Å². The van der Waals surface area contributed by atoms with Crippen LogP contribution in [0, 0.1) is 6.92 Å². The Balaban J connectivity index is 2.04. The first-order valence-corrected chi connectivity index (χ1v) is 8.84. The number of anilines is 2. The summed E-state index contributed by atoms with van der Waals surface area (Å²) < 4.78 is 25.6. The van der Waals surface area contributed by atoms with E-state index in [1.54, 1.807) is 25.3 Å². The molecular weight excluding hydrogens is 298 g/mol. The van der Waals surface area contributed by atoms with Gasteiger partial charge in [-0.1, -0.05) is 12.1 Å². The Bertz CT molecular complexity index is 710. The Morgan fingerprint density at radius 3 is 2.27 bits per heavy atom. The van der Waals surface area contributed by atoms with Crippen molar-refractivity contribution < 1.29 is 8.42 Å². The molecule has 6 heteroatoms. The van der Waals surface area contributed by atoms with Crippen molar-refractivity contribution in [2.24, 2.45) is 0 Å². The predicted octanol–water partition coefficient (Wildman–Crippen LogP) is 3.32. The molecule has 0 unspecified atom stereocenters. The Labute approximate surface area is 131 Å².